The van der Waals surface area contributed by atoms with Crippen LogP contribution >= 0.6 is 0 Å². The van der Waals surface area contributed by atoms with Crippen LogP contribution in [0.5, 0.6) is 0 Å². The number of hydrogen-bond donors (Lipinski definition) is 1. The van der Waals surface area contributed by atoms with Gasteiger partial charge in [0.2, 0.25) is 10.0 Å². The van der Waals surface area contributed by atoms with Gasteiger partial charge in [0.1, 0.15) is 5.82 Å². The van der Waals surface area contributed by atoms with Gasteiger partial charge in [-0.05, 0) is 26.0 Å². The molecule has 1 rings (SSSR count). The molecule has 6 heteroatoms. The average Bonchev–Trinajstić information content (AvgIpc) is 2.42. The van der Waals surface area contributed by atoms with Crippen LogP contribution < -0.4 is 5.32 Å². The molecule has 1 aromatic carbocycles. The van der Waals surface area contributed by atoms with Crippen LogP contribution in [0, 0.1) is 5.82 Å². The second-order valence-corrected chi connectivity index (χ2v) is 7.64. The van der Waals surface area contributed by atoms with Crippen molar-refractivity contribution in [3.8, 4) is 0 Å². The topological polar surface area (TPSA) is 49.4 Å². The molecule has 0 aliphatic carbocycles. The molecule has 0 fully saturated rings. The van der Waals surface area contributed by atoms with E-state index >= 15 is 0 Å². The van der Waals surface area contributed by atoms with Crippen molar-refractivity contribution in [1.82, 2.24) is 9.62 Å². The molecular formula is C15H25FN2O2S. The lowest BCUT2D eigenvalue weighted by atomic mass is 10.1. The van der Waals surface area contributed by atoms with Crippen molar-refractivity contribution < 1.29 is 12.8 Å². The predicted molar refractivity (Wildman–Crippen MR) is 84.1 cm³/mol. The molecule has 0 aliphatic rings. The molecular weight excluding hydrogens is 291 g/mol. The molecule has 1 unspecified atom stereocenters. The zero-order chi connectivity index (χ0) is 16.0. The van der Waals surface area contributed by atoms with Gasteiger partial charge in [-0.15, -0.1) is 0 Å². The SMILES string of the molecule is CC(C)NCCCS(=O)(=O)N(C)C(C)c1ccccc1F. The van der Waals surface area contributed by atoms with Gasteiger partial charge in [0.15, 0.2) is 0 Å². The monoisotopic (exact) mass is 316 g/mol. The van der Waals surface area contributed by atoms with Crippen molar-refractivity contribution in [3.05, 3.63) is 35.6 Å². The fraction of sp³-hybridized carbons (Fsp3) is 0.600. The minimum absolute atomic E-state index is 0.0576. The highest BCUT2D eigenvalue weighted by atomic mass is 32.2. The zero-order valence-electron chi connectivity index (χ0n) is 13.1. The summed E-state index contributed by atoms with van der Waals surface area (Å²) in [7, 11) is -1.89. The summed E-state index contributed by atoms with van der Waals surface area (Å²) >= 11 is 0. The summed E-state index contributed by atoms with van der Waals surface area (Å²) in [5, 5.41) is 3.18. The molecule has 0 radical (unpaired) electrons. The van der Waals surface area contributed by atoms with Gasteiger partial charge in [0.05, 0.1) is 5.75 Å². The number of rotatable bonds is 8. The third kappa shape index (κ3) is 5.37. The molecule has 0 saturated carbocycles. The Labute approximate surface area is 127 Å². The average molecular weight is 316 g/mol. The largest absolute Gasteiger partial charge is 0.314 e. The van der Waals surface area contributed by atoms with E-state index in [4.69, 9.17) is 0 Å². The van der Waals surface area contributed by atoms with Gasteiger partial charge >= 0.3 is 0 Å². The Bertz CT molecular complexity index is 546. The number of sulfonamides is 1. The molecule has 4 nitrogen and oxygen atoms in total. The van der Waals surface area contributed by atoms with Crippen LogP contribution in [0.2, 0.25) is 0 Å². The third-order valence-corrected chi connectivity index (χ3v) is 5.47. The lowest BCUT2D eigenvalue weighted by Crippen LogP contribution is -2.33. The van der Waals surface area contributed by atoms with E-state index in [0.29, 0.717) is 24.6 Å². The van der Waals surface area contributed by atoms with E-state index < -0.39 is 16.1 Å². The maximum Gasteiger partial charge on any atom is 0.214 e. The summed E-state index contributed by atoms with van der Waals surface area (Å²) in [6.07, 6.45) is 0.537. The highest BCUT2D eigenvalue weighted by Gasteiger charge is 2.25. The molecule has 21 heavy (non-hydrogen) atoms. The highest BCUT2D eigenvalue weighted by molar-refractivity contribution is 7.89. The summed E-state index contributed by atoms with van der Waals surface area (Å²) < 4.78 is 39.6. The first-order valence-electron chi connectivity index (χ1n) is 7.19. The first kappa shape index (κ1) is 18.1. The molecule has 0 saturated heterocycles. The van der Waals surface area contributed by atoms with E-state index in [1.54, 1.807) is 25.1 Å². The second-order valence-electron chi connectivity index (χ2n) is 5.49. The first-order chi connectivity index (χ1) is 9.75. The summed E-state index contributed by atoms with van der Waals surface area (Å²) in [5.41, 5.74) is 0.392. The van der Waals surface area contributed by atoms with E-state index in [-0.39, 0.29) is 11.6 Å². The standard InChI is InChI=1S/C15H25FN2O2S/c1-12(2)17-10-7-11-21(19,20)18(4)13(3)14-8-5-6-9-15(14)16/h5-6,8-9,12-13,17H,7,10-11H2,1-4H3. The minimum Gasteiger partial charge on any atom is -0.314 e. The molecule has 0 aliphatic heterocycles. The van der Waals surface area contributed by atoms with Gasteiger partial charge in [0, 0.05) is 24.7 Å². The van der Waals surface area contributed by atoms with Crippen LogP contribution in [0.1, 0.15) is 38.8 Å². The summed E-state index contributed by atoms with van der Waals surface area (Å²) in [6, 6.07) is 6.09. The van der Waals surface area contributed by atoms with Gasteiger partial charge in [-0.1, -0.05) is 32.0 Å². The highest BCUT2D eigenvalue weighted by Crippen LogP contribution is 2.24. The first-order valence-corrected chi connectivity index (χ1v) is 8.80. The van der Waals surface area contributed by atoms with Crippen molar-refractivity contribution in [3.63, 3.8) is 0 Å². The maximum absolute atomic E-state index is 13.8. The normalized spacial score (nSPS) is 13.9. The molecule has 1 N–H and O–H groups in total. The lowest BCUT2D eigenvalue weighted by molar-refractivity contribution is 0.386. The molecule has 0 aromatic heterocycles. The number of hydrogen-bond acceptors (Lipinski definition) is 3. The van der Waals surface area contributed by atoms with Crippen LogP contribution in [-0.2, 0) is 10.0 Å². The summed E-state index contributed by atoms with van der Waals surface area (Å²) in [4.78, 5) is 0. The Hall–Kier alpha value is -0.980. The molecule has 1 aromatic rings. The van der Waals surface area contributed by atoms with Crippen molar-refractivity contribution in [2.75, 3.05) is 19.3 Å². The van der Waals surface area contributed by atoms with Crippen LogP contribution in [-0.4, -0.2) is 38.1 Å². The summed E-state index contributed by atoms with van der Waals surface area (Å²) in [5.74, 6) is -0.323. The van der Waals surface area contributed by atoms with Gasteiger partial charge in [0.25, 0.3) is 0 Å². The molecule has 0 bridgehead atoms. The quantitative estimate of drug-likeness (QED) is 0.750. The van der Waals surface area contributed by atoms with Gasteiger partial charge in [-0.3, -0.25) is 0 Å². The smallest absolute Gasteiger partial charge is 0.214 e. The molecule has 120 valence electrons. The van der Waals surface area contributed by atoms with Gasteiger partial charge in [-0.2, -0.15) is 4.31 Å². The van der Waals surface area contributed by atoms with Crippen molar-refractivity contribution in [2.45, 2.75) is 39.3 Å². The van der Waals surface area contributed by atoms with E-state index in [1.165, 1.54) is 17.4 Å². The molecule has 0 heterocycles. The van der Waals surface area contributed by atoms with E-state index in [0.717, 1.165) is 0 Å². The fourth-order valence-corrected chi connectivity index (χ4v) is 3.43. The molecule has 0 amide bonds. The Balaban J connectivity index is 2.68. The van der Waals surface area contributed by atoms with Crippen LogP contribution in [0.15, 0.2) is 24.3 Å². The van der Waals surface area contributed by atoms with Crippen molar-refractivity contribution in [1.29, 1.82) is 0 Å². The van der Waals surface area contributed by atoms with E-state index in [1.807, 2.05) is 13.8 Å². The molecule has 1 atom stereocenters. The Morgan fingerprint density at radius 3 is 2.43 bits per heavy atom. The second kappa shape index (κ2) is 7.87. The number of benzene rings is 1. The third-order valence-electron chi connectivity index (χ3n) is 3.47. The van der Waals surface area contributed by atoms with Crippen LogP contribution in [0.3, 0.4) is 0 Å². The minimum atomic E-state index is -3.40. The predicted octanol–water partition coefficient (Wildman–Crippen LogP) is 2.54. The maximum atomic E-state index is 13.8. The number of nitrogens with one attached hydrogen (secondary N) is 1. The number of nitrogens with zero attached hydrogens (tertiary/aromatic N) is 1. The lowest BCUT2D eigenvalue weighted by Gasteiger charge is -2.25. The van der Waals surface area contributed by atoms with Gasteiger partial charge in [-0.25, -0.2) is 12.8 Å². The number of halogens is 1. The Morgan fingerprint density at radius 1 is 1.24 bits per heavy atom. The Morgan fingerprint density at radius 2 is 1.86 bits per heavy atom. The van der Waals surface area contributed by atoms with Gasteiger partial charge < -0.3 is 5.32 Å². The van der Waals surface area contributed by atoms with E-state index in [2.05, 4.69) is 5.32 Å². The zero-order valence-corrected chi connectivity index (χ0v) is 14.0. The van der Waals surface area contributed by atoms with Crippen LogP contribution in [0.25, 0.3) is 0 Å². The molecule has 0 spiro atoms. The van der Waals surface area contributed by atoms with Crippen molar-refractivity contribution in [2.24, 2.45) is 0 Å². The van der Waals surface area contributed by atoms with Crippen molar-refractivity contribution >= 4 is 10.0 Å². The fourth-order valence-electron chi connectivity index (χ4n) is 2.04. The summed E-state index contributed by atoms with van der Waals surface area (Å²) in [6.45, 7) is 6.38. The van der Waals surface area contributed by atoms with E-state index in [9.17, 15) is 12.8 Å². The Kier molecular flexibility index (Phi) is 6.77. The van der Waals surface area contributed by atoms with Crippen LogP contribution in [0.4, 0.5) is 4.39 Å².